The fraction of sp³-hybridized carbons (Fsp3) is 0.308. The smallest absolute Gasteiger partial charge is 0.344 e. The van der Waals surface area contributed by atoms with E-state index in [0.717, 1.165) is 5.56 Å². The van der Waals surface area contributed by atoms with Gasteiger partial charge in [0.2, 0.25) is 5.91 Å². The zero-order valence-corrected chi connectivity index (χ0v) is 12.8. The molecule has 0 aromatic heterocycles. The van der Waals surface area contributed by atoms with Gasteiger partial charge >= 0.3 is 5.97 Å². The van der Waals surface area contributed by atoms with E-state index < -0.39 is 5.97 Å². The van der Waals surface area contributed by atoms with E-state index in [1.807, 2.05) is 0 Å². The molecule has 1 amide bonds. The van der Waals surface area contributed by atoms with Crippen LogP contribution in [-0.2, 0) is 14.3 Å². The van der Waals surface area contributed by atoms with Gasteiger partial charge in [-0.1, -0.05) is 0 Å². The van der Waals surface area contributed by atoms with Crippen molar-refractivity contribution in [3.63, 3.8) is 0 Å². The molecule has 108 valence electrons. The van der Waals surface area contributed by atoms with Crippen molar-refractivity contribution in [1.82, 2.24) is 5.43 Å². The molecule has 0 saturated carbocycles. The Hall–Kier alpha value is -1.89. The Morgan fingerprint density at radius 2 is 2.20 bits per heavy atom. The van der Waals surface area contributed by atoms with Crippen molar-refractivity contribution in [2.24, 2.45) is 5.10 Å². The number of benzene rings is 1. The van der Waals surface area contributed by atoms with Crippen molar-refractivity contribution in [3.05, 3.63) is 28.2 Å². The first-order chi connectivity index (χ1) is 9.52. The second-order valence-electron chi connectivity index (χ2n) is 3.71. The third kappa shape index (κ3) is 5.83. The van der Waals surface area contributed by atoms with Crippen LogP contribution in [0.5, 0.6) is 5.75 Å². The predicted octanol–water partition coefficient (Wildman–Crippen LogP) is 1.86. The van der Waals surface area contributed by atoms with Gasteiger partial charge in [0.15, 0.2) is 6.61 Å². The summed E-state index contributed by atoms with van der Waals surface area (Å²) >= 11 is 3.33. The normalized spacial score (nSPS) is 10.3. The maximum atomic E-state index is 11.2. The Labute approximate surface area is 125 Å². The number of nitrogens with zero attached hydrogens (tertiary/aromatic N) is 1. The van der Waals surface area contributed by atoms with E-state index in [2.05, 4.69) is 26.5 Å². The van der Waals surface area contributed by atoms with E-state index in [4.69, 9.17) is 9.47 Å². The van der Waals surface area contributed by atoms with Crippen molar-refractivity contribution in [3.8, 4) is 5.75 Å². The molecule has 20 heavy (non-hydrogen) atoms. The Bertz CT molecular complexity index is 517. The molecule has 0 radical (unpaired) electrons. The van der Waals surface area contributed by atoms with Crippen LogP contribution in [0.3, 0.4) is 0 Å². The molecule has 0 saturated heterocycles. The van der Waals surface area contributed by atoms with E-state index in [-0.39, 0.29) is 12.5 Å². The number of hydrogen-bond acceptors (Lipinski definition) is 5. The molecule has 0 aliphatic heterocycles. The van der Waals surface area contributed by atoms with Crippen LogP contribution in [0, 0.1) is 0 Å². The summed E-state index contributed by atoms with van der Waals surface area (Å²) in [7, 11) is 0. The van der Waals surface area contributed by atoms with Crippen LogP contribution in [0.25, 0.3) is 0 Å². The quantitative estimate of drug-likeness (QED) is 0.486. The minimum absolute atomic E-state index is 0.147. The molecule has 0 unspecified atom stereocenters. The summed E-state index contributed by atoms with van der Waals surface area (Å²) in [5.41, 5.74) is 3.08. The summed E-state index contributed by atoms with van der Waals surface area (Å²) < 4.78 is 10.7. The van der Waals surface area contributed by atoms with Crippen LogP contribution in [-0.4, -0.2) is 31.3 Å². The van der Waals surface area contributed by atoms with Crippen LogP contribution in [0.2, 0.25) is 0 Å². The van der Waals surface area contributed by atoms with Gasteiger partial charge in [0.25, 0.3) is 0 Å². The maximum Gasteiger partial charge on any atom is 0.344 e. The van der Waals surface area contributed by atoms with Gasteiger partial charge in [-0.25, -0.2) is 10.2 Å². The highest BCUT2D eigenvalue weighted by molar-refractivity contribution is 9.10. The topological polar surface area (TPSA) is 77.0 Å². The molecular formula is C13H15BrN2O4. The molecule has 0 aliphatic rings. The number of carbonyl (C=O) groups is 2. The van der Waals surface area contributed by atoms with Crippen LogP contribution in [0.4, 0.5) is 0 Å². The zero-order chi connectivity index (χ0) is 15.0. The average molecular weight is 343 g/mol. The third-order valence-corrected chi connectivity index (χ3v) is 2.66. The lowest BCUT2D eigenvalue weighted by Gasteiger charge is -2.08. The minimum atomic E-state index is -0.421. The van der Waals surface area contributed by atoms with Gasteiger partial charge in [0.1, 0.15) is 5.75 Å². The monoisotopic (exact) mass is 342 g/mol. The minimum Gasteiger partial charge on any atom is -0.481 e. The first-order valence-electron chi connectivity index (χ1n) is 5.90. The molecule has 0 atom stereocenters. The van der Waals surface area contributed by atoms with Gasteiger partial charge in [-0.15, -0.1) is 0 Å². The highest BCUT2D eigenvalue weighted by atomic mass is 79.9. The van der Waals surface area contributed by atoms with Gasteiger partial charge in [-0.2, -0.15) is 5.10 Å². The standard InChI is InChI=1S/C13H15BrN2O4/c1-3-19-13(18)8-20-12-5-4-10(6-11(12)14)7-15-16-9(2)17/h4-7H,3,8H2,1-2H3,(H,16,17). The summed E-state index contributed by atoms with van der Waals surface area (Å²) in [4.78, 5) is 21.8. The summed E-state index contributed by atoms with van der Waals surface area (Å²) in [6, 6.07) is 5.20. The Morgan fingerprint density at radius 1 is 1.45 bits per heavy atom. The largest absolute Gasteiger partial charge is 0.481 e. The van der Waals surface area contributed by atoms with Crippen LogP contribution in [0.15, 0.2) is 27.8 Å². The fourth-order valence-corrected chi connectivity index (χ4v) is 1.76. The van der Waals surface area contributed by atoms with Gasteiger partial charge in [-0.05, 0) is 46.6 Å². The van der Waals surface area contributed by atoms with E-state index in [0.29, 0.717) is 16.8 Å². The number of esters is 1. The Balaban J connectivity index is 2.61. The number of hydrazone groups is 1. The van der Waals surface area contributed by atoms with Gasteiger partial charge in [-0.3, -0.25) is 4.79 Å². The van der Waals surface area contributed by atoms with Crippen molar-refractivity contribution in [2.75, 3.05) is 13.2 Å². The number of nitrogens with one attached hydrogen (secondary N) is 1. The summed E-state index contributed by atoms with van der Waals surface area (Å²) in [5, 5.41) is 3.75. The highest BCUT2D eigenvalue weighted by Gasteiger charge is 2.06. The molecule has 0 heterocycles. The third-order valence-electron chi connectivity index (χ3n) is 2.04. The molecule has 0 bridgehead atoms. The fourth-order valence-electron chi connectivity index (χ4n) is 1.25. The highest BCUT2D eigenvalue weighted by Crippen LogP contribution is 2.25. The van der Waals surface area contributed by atoms with Crippen molar-refractivity contribution in [1.29, 1.82) is 0 Å². The molecule has 7 heteroatoms. The van der Waals surface area contributed by atoms with Crippen molar-refractivity contribution >= 4 is 34.0 Å². The lowest BCUT2D eigenvalue weighted by atomic mass is 10.2. The van der Waals surface area contributed by atoms with Crippen molar-refractivity contribution < 1.29 is 19.1 Å². The van der Waals surface area contributed by atoms with Gasteiger partial charge in [0.05, 0.1) is 17.3 Å². The average Bonchev–Trinajstić information content (AvgIpc) is 2.37. The zero-order valence-electron chi connectivity index (χ0n) is 11.2. The molecule has 1 rings (SSSR count). The molecule has 6 nitrogen and oxygen atoms in total. The number of amides is 1. The van der Waals surface area contributed by atoms with Crippen LogP contribution >= 0.6 is 15.9 Å². The predicted molar refractivity (Wildman–Crippen MR) is 77.7 cm³/mol. The molecule has 0 aliphatic carbocycles. The number of halogens is 1. The summed E-state index contributed by atoms with van der Waals surface area (Å²) in [6.45, 7) is 3.28. The second-order valence-corrected chi connectivity index (χ2v) is 4.56. The molecular weight excluding hydrogens is 328 g/mol. The van der Waals surface area contributed by atoms with E-state index >= 15 is 0 Å². The molecule has 1 aromatic carbocycles. The van der Waals surface area contributed by atoms with Crippen molar-refractivity contribution in [2.45, 2.75) is 13.8 Å². The Kier molecular flexibility index (Phi) is 6.72. The lowest BCUT2D eigenvalue weighted by Crippen LogP contribution is -2.14. The number of carbonyl (C=O) groups excluding carboxylic acids is 2. The number of ether oxygens (including phenoxy) is 2. The van der Waals surface area contributed by atoms with E-state index in [9.17, 15) is 9.59 Å². The molecule has 1 N–H and O–H groups in total. The first kappa shape index (κ1) is 16.2. The van der Waals surface area contributed by atoms with Crippen LogP contribution in [0.1, 0.15) is 19.4 Å². The number of rotatable bonds is 6. The van der Waals surface area contributed by atoms with Gasteiger partial charge in [0, 0.05) is 6.92 Å². The maximum absolute atomic E-state index is 11.2. The summed E-state index contributed by atoms with van der Waals surface area (Å²) in [6.07, 6.45) is 1.50. The van der Waals surface area contributed by atoms with E-state index in [1.54, 1.807) is 25.1 Å². The molecule has 1 aromatic rings. The molecule has 0 spiro atoms. The lowest BCUT2D eigenvalue weighted by molar-refractivity contribution is -0.145. The Morgan fingerprint density at radius 3 is 2.80 bits per heavy atom. The SMILES string of the molecule is CCOC(=O)COc1ccc(C=NNC(C)=O)cc1Br. The van der Waals surface area contributed by atoms with Gasteiger partial charge < -0.3 is 9.47 Å². The molecule has 0 fully saturated rings. The first-order valence-corrected chi connectivity index (χ1v) is 6.70. The van der Waals surface area contributed by atoms with E-state index in [1.165, 1.54) is 13.1 Å². The number of hydrogen-bond donors (Lipinski definition) is 1. The van der Waals surface area contributed by atoms with Crippen LogP contribution < -0.4 is 10.2 Å². The summed E-state index contributed by atoms with van der Waals surface area (Å²) in [5.74, 6) is -0.139. The second kappa shape index (κ2) is 8.31.